The summed E-state index contributed by atoms with van der Waals surface area (Å²) in [6.45, 7) is 2.75. The lowest BCUT2D eigenvalue weighted by molar-refractivity contribution is 0.0867. The summed E-state index contributed by atoms with van der Waals surface area (Å²) in [5.41, 5.74) is 5.18. The van der Waals surface area contributed by atoms with Crippen molar-refractivity contribution in [3.05, 3.63) is 35.4 Å². The first-order valence-corrected chi connectivity index (χ1v) is 4.65. The molecule has 1 aromatic carbocycles. The molecule has 0 aromatic heterocycles. The Bertz CT molecular complexity index is 258. The zero-order chi connectivity index (χ0) is 10.4. The van der Waals surface area contributed by atoms with E-state index in [1.165, 1.54) is 11.1 Å². The van der Waals surface area contributed by atoms with Gasteiger partial charge in [0.1, 0.15) is 0 Å². The number of hydrogen-bond acceptors (Lipinski definition) is 3. The summed E-state index contributed by atoms with van der Waals surface area (Å²) in [5, 5.41) is 0. The molecule has 0 aliphatic rings. The van der Waals surface area contributed by atoms with Crippen molar-refractivity contribution < 1.29 is 9.57 Å². The summed E-state index contributed by atoms with van der Waals surface area (Å²) in [6, 6.07) is 8.27. The molecule has 0 aliphatic heterocycles. The number of nitrogens with one attached hydrogen (secondary N) is 1. The van der Waals surface area contributed by atoms with Gasteiger partial charge in [-0.25, -0.2) is 0 Å². The Morgan fingerprint density at radius 1 is 1.21 bits per heavy atom. The third kappa shape index (κ3) is 3.10. The van der Waals surface area contributed by atoms with Crippen LogP contribution in [0.25, 0.3) is 0 Å². The van der Waals surface area contributed by atoms with Gasteiger partial charge in [0, 0.05) is 13.7 Å². The van der Waals surface area contributed by atoms with Crippen molar-refractivity contribution in [3.63, 3.8) is 0 Å². The minimum atomic E-state index is 0.152. The van der Waals surface area contributed by atoms with Crippen molar-refractivity contribution >= 4 is 0 Å². The Kier molecular flexibility index (Phi) is 4.59. The second kappa shape index (κ2) is 5.75. The molecule has 0 amide bonds. The fourth-order valence-corrected chi connectivity index (χ4v) is 1.20. The molecule has 3 nitrogen and oxygen atoms in total. The lowest BCUT2D eigenvalue weighted by Crippen LogP contribution is -2.10. The molecule has 0 fully saturated rings. The molecule has 0 spiro atoms. The predicted molar refractivity (Wildman–Crippen MR) is 55.7 cm³/mol. The highest BCUT2D eigenvalue weighted by atomic mass is 16.6. The van der Waals surface area contributed by atoms with Crippen LogP contribution in [0.1, 0.15) is 24.2 Å². The standard InChI is InChI=1S/C11H17NO2/c1-9(13-2)11-6-4-10(5-7-11)8-12-14-3/h4-7,9,12H,8H2,1-3H3. The molecule has 0 saturated carbocycles. The van der Waals surface area contributed by atoms with E-state index in [-0.39, 0.29) is 6.10 Å². The van der Waals surface area contributed by atoms with Gasteiger partial charge in [0.25, 0.3) is 0 Å². The zero-order valence-corrected chi connectivity index (χ0v) is 8.91. The van der Waals surface area contributed by atoms with E-state index in [9.17, 15) is 0 Å². The van der Waals surface area contributed by atoms with E-state index in [0.717, 1.165) is 6.54 Å². The largest absolute Gasteiger partial charge is 0.377 e. The molecule has 0 heterocycles. The predicted octanol–water partition coefficient (Wildman–Crippen LogP) is 2.04. The Balaban J connectivity index is 2.59. The van der Waals surface area contributed by atoms with E-state index in [1.807, 2.05) is 6.92 Å². The lowest BCUT2D eigenvalue weighted by atomic mass is 10.1. The third-order valence-electron chi connectivity index (χ3n) is 2.22. The van der Waals surface area contributed by atoms with Gasteiger partial charge in [0.15, 0.2) is 0 Å². The highest BCUT2D eigenvalue weighted by Crippen LogP contribution is 2.15. The molecule has 1 N–H and O–H groups in total. The maximum atomic E-state index is 5.22. The molecule has 1 aromatic rings. The molecule has 78 valence electrons. The molecular weight excluding hydrogens is 178 g/mol. The van der Waals surface area contributed by atoms with Crippen LogP contribution in [-0.2, 0) is 16.1 Å². The first kappa shape index (κ1) is 11.2. The highest BCUT2D eigenvalue weighted by Gasteiger charge is 2.02. The highest BCUT2D eigenvalue weighted by molar-refractivity contribution is 5.23. The lowest BCUT2D eigenvalue weighted by Gasteiger charge is -2.10. The minimum absolute atomic E-state index is 0.152. The fourth-order valence-electron chi connectivity index (χ4n) is 1.20. The van der Waals surface area contributed by atoms with Gasteiger partial charge in [0.2, 0.25) is 0 Å². The second-order valence-electron chi connectivity index (χ2n) is 3.14. The maximum absolute atomic E-state index is 5.22. The van der Waals surface area contributed by atoms with Crippen LogP contribution in [0.5, 0.6) is 0 Å². The summed E-state index contributed by atoms with van der Waals surface area (Å²) in [6.07, 6.45) is 0.152. The van der Waals surface area contributed by atoms with E-state index < -0.39 is 0 Å². The van der Waals surface area contributed by atoms with Gasteiger partial charge in [-0.15, -0.1) is 0 Å². The summed E-state index contributed by atoms with van der Waals surface area (Å²) in [5.74, 6) is 0. The Labute approximate surface area is 85.0 Å². The molecule has 1 unspecified atom stereocenters. The van der Waals surface area contributed by atoms with Gasteiger partial charge in [-0.2, -0.15) is 5.48 Å². The number of methoxy groups -OCH3 is 1. The van der Waals surface area contributed by atoms with Crippen LogP contribution in [-0.4, -0.2) is 14.2 Å². The molecule has 14 heavy (non-hydrogen) atoms. The molecule has 1 rings (SSSR count). The van der Waals surface area contributed by atoms with E-state index in [1.54, 1.807) is 14.2 Å². The monoisotopic (exact) mass is 195 g/mol. The van der Waals surface area contributed by atoms with Crippen molar-refractivity contribution in [3.8, 4) is 0 Å². The summed E-state index contributed by atoms with van der Waals surface area (Å²) < 4.78 is 5.22. The van der Waals surface area contributed by atoms with Crippen LogP contribution in [0.15, 0.2) is 24.3 Å². The second-order valence-corrected chi connectivity index (χ2v) is 3.14. The first-order valence-electron chi connectivity index (χ1n) is 4.65. The average Bonchev–Trinajstić information content (AvgIpc) is 2.26. The van der Waals surface area contributed by atoms with E-state index >= 15 is 0 Å². The topological polar surface area (TPSA) is 30.5 Å². The summed E-state index contributed by atoms with van der Waals surface area (Å²) >= 11 is 0. The molecule has 1 atom stereocenters. The number of rotatable bonds is 5. The van der Waals surface area contributed by atoms with E-state index in [2.05, 4.69) is 29.7 Å². The molecule has 0 aliphatic carbocycles. The van der Waals surface area contributed by atoms with Gasteiger partial charge in [-0.3, -0.25) is 0 Å². The van der Waals surface area contributed by atoms with Crippen LogP contribution in [0.4, 0.5) is 0 Å². The van der Waals surface area contributed by atoms with Crippen LogP contribution in [0.3, 0.4) is 0 Å². The number of ether oxygens (including phenoxy) is 1. The summed E-state index contributed by atoms with van der Waals surface area (Å²) in [7, 11) is 3.33. The van der Waals surface area contributed by atoms with Crippen LogP contribution in [0.2, 0.25) is 0 Å². The Hall–Kier alpha value is -0.900. The zero-order valence-electron chi connectivity index (χ0n) is 8.91. The average molecular weight is 195 g/mol. The van der Waals surface area contributed by atoms with Crippen LogP contribution < -0.4 is 5.48 Å². The Morgan fingerprint density at radius 2 is 1.86 bits per heavy atom. The molecule has 3 heteroatoms. The maximum Gasteiger partial charge on any atom is 0.0793 e. The van der Waals surface area contributed by atoms with Crippen molar-refractivity contribution in [1.82, 2.24) is 5.48 Å². The minimum Gasteiger partial charge on any atom is -0.377 e. The molecule has 0 saturated heterocycles. The molecule has 0 radical (unpaired) electrons. The van der Waals surface area contributed by atoms with Gasteiger partial charge in [-0.05, 0) is 18.1 Å². The Morgan fingerprint density at radius 3 is 2.36 bits per heavy atom. The number of hydroxylamine groups is 1. The number of hydrogen-bond donors (Lipinski definition) is 1. The van der Waals surface area contributed by atoms with Crippen molar-refractivity contribution in [2.45, 2.75) is 19.6 Å². The van der Waals surface area contributed by atoms with Crippen LogP contribution >= 0.6 is 0 Å². The SMILES string of the molecule is CONCc1ccc(C(C)OC)cc1. The number of benzene rings is 1. The third-order valence-corrected chi connectivity index (χ3v) is 2.22. The van der Waals surface area contributed by atoms with E-state index in [4.69, 9.17) is 9.57 Å². The smallest absolute Gasteiger partial charge is 0.0793 e. The summed E-state index contributed by atoms with van der Waals surface area (Å²) in [4.78, 5) is 4.77. The van der Waals surface area contributed by atoms with Crippen molar-refractivity contribution in [2.24, 2.45) is 0 Å². The normalized spacial score (nSPS) is 12.8. The van der Waals surface area contributed by atoms with Crippen LogP contribution in [0, 0.1) is 0 Å². The van der Waals surface area contributed by atoms with E-state index in [0.29, 0.717) is 0 Å². The van der Waals surface area contributed by atoms with Crippen molar-refractivity contribution in [2.75, 3.05) is 14.2 Å². The molecular formula is C11H17NO2. The van der Waals surface area contributed by atoms with Crippen molar-refractivity contribution in [1.29, 1.82) is 0 Å². The van der Waals surface area contributed by atoms with Gasteiger partial charge < -0.3 is 9.57 Å². The fraction of sp³-hybridized carbons (Fsp3) is 0.455. The van der Waals surface area contributed by atoms with Gasteiger partial charge >= 0.3 is 0 Å². The molecule has 0 bridgehead atoms. The van der Waals surface area contributed by atoms with Gasteiger partial charge in [-0.1, -0.05) is 24.3 Å². The quantitative estimate of drug-likeness (QED) is 0.729. The van der Waals surface area contributed by atoms with Gasteiger partial charge in [0.05, 0.1) is 13.2 Å². The first-order chi connectivity index (χ1) is 6.77.